The molecule has 1 aliphatic carbocycles. The Morgan fingerprint density at radius 3 is 2.69 bits per heavy atom. The van der Waals surface area contributed by atoms with Crippen molar-refractivity contribution in [3.05, 3.63) is 59.0 Å². The molecule has 2 amide bonds. The molecule has 0 unspecified atom stereocenters. The van der Waals surface area contributed by atoms with E-state index in [0.717, 1.165) is 35.1 Å². The third kappa shape index (κ3) is 4.30. The summed E-state index contributed by atoms with van der Waals surface area (Å²) in [4.78, 5) is 40.1. The molecule has 36 heavy (non-hydrogen) atoms. The minimum atomic E-state index is -0.175. The van der Waals surface area contributed by atoms with Gasteiger partial charge in [0.1, 0.15) is 11.4 Å². The summed E-state index contributed by atoms with van der Waals surface area (Å²) in [6.07, 6.45) is 5.82. The number of amides is 2. The van der Waals surface area contributed by atoms with Gasteiger partial charge in [-0.25, -0.2) is 4.98 Å². The summed E-state index contributed by atoms with van der Waals surface area (Å²) < 4.78 is 5.38. The largest absolute Gasteiger partial charge is 0.381 e. The summed E-state index contributed by atoms with van der Waals surface area (Å²) in [7, 11) is 0. The molecule has 6 rings (SSSR count). The van der Waals surface area contributed by atoms with E-state index in [2.05, 4.69) is 33.3 Å². The lowest BCUT2D eigenvalue weighted by atomic mass is 10.0. The number of rotatable bonds is 6. The van der Waals surface area contributed by atoms with E-state index in [0.29, 0.717) is 54.6 Å². The summed E-state index contributed by atoms with van der Waals surface area (Å²) >= 11 is 0. The van der Waals surface area contributed by atoms with E-state index in [1.54, 1.807) is 6.20 Å². The summed E-state index contributed by atoms with van der Waals surface area (Å²) in [5, 5.41) is 3.07. The van der Waals surface area contributed by atoms with Gasteiger partial charge in [-0.15, -0.1) is 0 Å². The number of nitrogens with one attached hydrogen (secondary N) is 2. The Bertz CT molecular complexity index is 1320. The van der Waals surface area contributed by atoms with Gasteiger partial charge in [-0.3, -0.25) is 14.6 Å². The number of aromatic amines is 1. The van der Waals surface area contributed by atoms with Crippen molar-refractivity contribution in [3.63, 3.8) is 0 Å². The van der Waals surface area contributed by atoms with Crippen molar-refractivity contribution in [3.8, 4) is 22.6 Å². The van der Waals surface area contributed by atoms with Crippen molar-refractivity contribution in [1.82, 2.24) is 25.2 Å². The molecule has 2 N–H and O–H groups in total. The van der Waals surface area contributed by atoms with Crippen LogP contribution in [0.5, 0.6) is 0 Å². The molecular formula is C28H31N5O3. The van der Waals surface area contributed by atoms with Crippen LogP contribution >= 0.6 is 0 Å². The molecule has 1 aromatic carbocycles. The van der Waals surface area contributed by atoms with Gasteiger partial charge in [-0.2, -0.15) is 0 Å². The number of aryl methyl sites for hydroxylation is 1. The second-order valence-electron chi connectivity index (χ2n) is 10.2. The SMILES string of the molecule is Cc1[nH]c(-c2cc(-c3ccc4c(c3)CN([C@@H](C)C3CC3)C4=O)ccn2)nc1C(=O)NC1CCOCC1. The molecule has 2 aromatic heterocycles. The molecule has 0 bridgehead atoms. The molecule has 4 heterocycles. The predicted molar refractivity (Wildman–Crippen MR) is 135 cm³/mol. The molecular weight excluding hydrogens is 454 g/mol. The Hall–Kier alpha value is -3.52. The predicted octanol–water partition coefficient (Wildman–Crippen LogP) is 4.11. The van der Waals surface area contributed by atoms with Crippen LogP contribution in [0.3, 0.4) is 0 Å². The van der Waals surface area contributed by atoms with E-state index in [4.69, 9.17) is 4.74 Å². The van der Waals surface area contributed by atoms with Crippen LogP contribution in [0.2, 0.25) is 0 Å². The lowest BCUT2D eigenvalue weighted by Gasteiger charge is -2.23. The number of ether oxygens (including phenoxy) is 1. The Morgan fingerprint density at radius 2 is 1.92 bits per heavy atom. The van der Waals surface area contributed by atoms with E-state index in [1.165, 1.54) is 12.8 Å². The molecule has 2 fully saturated rings. The fourth-order valence-electron chi connectivity index (χ4n) is 5.32. The third-order valence-electron chi connectivity index (χ3n) is 7.73. The molecule has 0 spiro atoms. The van der Waals surface area contributed by atoms with Gasteiger partial charge in [0.2, 0.25) is 0 Å². The Balaban J connectivity index is 1.22. The minimum absolute atomic E-state index is 0.113. The lowest BCUT2D eigenvalue weighted by Crippen LogP contribution is -2.39. The number of carbonyl (C=O) groups is 2. The first-order chi connectivity index (χ1) is 17.5. The fraction of sp³-hybridized carbons (Fsp3) is 0.429. The molecule has 186 valence electrons. The van der Waals surface area contributed by atoms with E-state index in [9.17, 15) is 9.59 Å². The zero-order chi connectivity index (χ0) is 24.8. The first-order valence-electron chi connectivity index (χ1n) is 12.8. The van der Waals surface area contributed by atoms with Gasteiger partial charge < -0.3 is 19.9 Å². The van der Waals surface area contributed by atoms with Crippen LogP contribution < -0.4 is 5.32 Å². The van der Waals surface area contributed by atoms with Gasteiger partial charge in [0, 0.05) is 49.3 Å². The van der Waals surface area contributed by atoms with Crippen LogP contribution in [0.25, 0.3) is 22.6 Å². The summed E-state index contributed by atoms with van der Waals surface area (Å²) in [5.74, 6) is 1.17. The Labute approximate surface area is 210 Å². The van der Waals surface area contributed by atoms with Crippen molar-refractivity contribution in [2.45, 2.75) is 58.2 Å². The van der Waals surface area contributed by atoms with Crippen molar-refractivity contribution >= 4 is 11.8 Å². The first-order valence-corrected chi connectivity index (χ1v) is 12.8. The highest BCUT2D eigenvalue weighted by Gasteiger charge is 2.38. The molecule has 2 aliphatic heterocycles. The zero-order valence-corrected chi connectivity index (χ0v) is 20.7. The molecule has 3 aromatic rings. The number of H-pyrrole nitrogens is 1. The normalized spacial score (nSPS) is 18.8. The maximum atomic E-state index is 12.9. The highest BCUT2D eigenvalue weighted by molar-refractivity contribution is 5.99. The van der Waals surface area contributed by atoms with E-state index in [1.807, 2.05) is 36.1 Å². The zero-order valence-electron chi connectivity index (χ0n) is 20.7. The highest BCUT2D eigenvalue weighted by Crippen LogP contribution is 2.39. The maximum Gasteiger partial charge on any atom is 0.271 e. The van der Waals surface area contributed by atoms with Crippen molar-refractivity contribution < 1.29 is 14.3 Å². The minimum Gasteiger partial charge on any atom is -0.381 e. The van der Waals surface area contributed by atoms with E-state index < -0.39 is 0 Å². The van der Waals surface area contributed by atoms with Crippen molar-refractivity contribution in [2.75, 3.05) is 13.2 Å². The van der Waals surface area contributed by atoms with Crippen LogP contribution in [0, 0.1) is 12.8 Å². The molecule has 1 atom stereocenters. The number of pyridine rings is 1. The van der Waals surface area contributed by atoms with Gasteiger partial charge in [0.25, 0.3) is 11.8 Å². The average molecular weight is 486 g/mol. The number of nitrogens with zero attached hydrogens (tertiary/aromatic N) is 3. The molecule has 8 nitrogen and oxygen atoms in total. The number of aromatic nitrogens is 3. The van der Waals surface area contributed by atoms with Crippen LogP contribution in [-0.2, 0) is 11.3 Å². The van der Waals surface area contributed by atoms with Crippen molar-refractivity contribution in [2.24, 2.45) is 5.92 Å². The number of hydrogen-bond acceptors (Lipinski definition) is 5. The van der Waals surface area contributed by atoms with Crippen LogP contribution in [-0.4, -0.2) is 57.0 Å². The second kappa shape index (κ2) is 9.17. The van der Waals surface area contributed by atoms with Gasteiger partial charge in [-0.05, 0) is 86.4 Å². The highest BCUT2D eigenvalue weighted by atomic mass is 16.5. The number of hydrogen-bond donors (Lipinski definition) is 2. The van der Waals surface area contributed by atoms with Crippen LogP contribution in [0.15, 0.2) is 36.5 Å². The number of fused-ring (bicyclic) bond motifs is 1. The Kier molecular flexibility index (Phi) is 5.84. The fourth-order valence-corrected chi connectivity index (χ4v) is 5.32. The van der Waals surface area contributed by atoms with Gasteiger partial charge in [0.05, 0.1) is 0 Å². The van der Waals surface area contributed by atoms with Gasteiger partial charge in [-0.1, -0.05) is 6.07 Å². The van der Waals surface area contributed by atoms with Gasteiger partial charge >= 0.3 is 0 Å². The lowest BCUT2D eigenvalue weighted by molar-refractivity contribution is 0.0688. The number of imidazole rings is 1. The molecule has 8 heteroatoms. The maximum absolute atomic E-state index is 12.9. The standard InChI is InChI=1S/C28H31N5O3/c1-16-25(27(34)31-22-8-11-36-12-9-22)32-26(30-16)24-14-20(7-10-29-24)19-5-6-23-21(13-19)15-33(28(23)35)17(2)18-3-4-18/h5-7,10,13-14,17-18,22H,3-4,8-9,11-12,15H2,1-2H3,(H,30,32)(H,31,34)/t17-/m0/s1. The number of benzene rings is 1. The molecule has 1 saturated heterocycles. The Morgan fingerprint density at radius 1 is 1.14 bits per heavy atom. The molecule has 0 radical (unpaired) electrons. The molecule has 1 saturated carbocycles. The monoisotopic (exact) mass is 485 g/mol. The molecule has 3 aliphatic rings. The smallest absolute Gasteiger partial charge is 0.271 e. The third-order valence-corrected chi connectivity index (χ3v) is 7.73. The van der Waals surface area contributed by atoms with Gasteiger partial charge in [0.15, 0.2) is 5.82 Å². The van der Waals surface area contributed by atoms with Crippen molar-refractivity contribution in [1.29, 1.82) is 0 Å². The topological polar surface area (TPSA) is 100 Å². The summed E-state index contributed by atoms with van der Waals surface area (Å²) in [6, 6.07) is 10.4. The summed E-state index contributed by atoms with van der Waals surface area (Å²) in [6.45, 7) is 6.02. The van der Waals surface area contributed by atoms with Crippen LogP contribution in [0.1, 0.15) is 64.7 Å². The number of carbonyl (C=O) groups excluding carboxylic acids is 2. The quantitative estimate of drug-likeness (QED) is 0.547. The average Bonchev–Trinajstić information content (AvgIpc) is 3.60. The summed E-state index contributed by atoms with van der Waals surface area (Å²) in [5.41, 5.74) is 5.68. The van der Waals surface area contributed by atoms with E-state index in [-0.39, 0.29) is 17.9 Å². The second-order valence-corrected chi connectivity index (χ2v) is 10.2. The first kappa shape index (κ1) is 22.9. The van der Waals surface area contributed by atoms with E-state index >= 15 is 0 Å². The van der Waals surface area contributed by atoms with Crippen LogP contribution in [0.4, 0.5) is 0 Å².